The van der Waals surface area contributed by atoms with E-state index < -0.39 is 47.3 Å². The molecule has 6 amide bonds. The van der Waals surface area contributed by atoms with Gasteiger partial charge in [0.15, 0.2) is 11.1 Å². The van der Waals surface area contributed by atoms with Crippen LogP contribution in [-0.2, 0) is 33.8 Å². The van der Waals surface area contributed by atoms with E-state index in [4.69, 9.17) is 0 Å². The summed E-state index contributed by atoms with van der Waals surface area (Å²) in [6.07, 6.45) is -1.29. The molecule has 0 bridgehead atoms. The van der Waals surface area contributed by atoms with Crippen LogP contribution >= 0.6 is 0 Å². The van der Waals surface area contributed by atoms with Crippen molar-refractivity contribution in [3.05, 3.63) is 215 Å². The molecule has 58 heavy (non-hydrogen) atoms. The summed E-state index contributed by atoms with van der Waals surface area (Å²) in [5.74, 6) is -0.868. The molecule has 2 fully saturated rings. The van der Waals surface area contributed by atoms with Crippen LogP contribution in [0.25, 0.3) is 0 Å². The highest BCUT2D eigenvalue weighted by molar-refractivity contribution is 6.10. The summed E-state index contributed by atoms with van der Waals surface area (Å²) in [7, 11) is 0. The maximum absolute atomic E-state index is 15.1. The van der Waals surface area contributed by atoms with Crippen LogP contribution in [0.2, 0.25) is 0 Å². The van der Waals surface area contributed by atoms with Crippen molar-refractivity contribution in [3.63, 3.8) is 0 Å². The molecule has 2 aliphatic rings. The minimum atomic E-state index is -1.48. The van der Waals surface area contributed by atoms with E-state index in [0.717, 1.165) is 11.1 Å². The third-order valence-corrected chi connectivity index (χ3v) is 11.0. The van der Waals surface area contributed by atoms with E-state index >= 15 is 9.59 Å². The van der Waals surface area contributed by atoms with E-state index in [1.165, 1.54) is 9.80 Å². The van der Waals surface area contributed by atoms with Gasteiger partial charge in [-0.1, -0.05) is 182 Å². The number of carbonyl (C=O) groups is 4. The van der Waals surface area contributed by atoms with Crippen molar-refractivity contribution in [2.75, 3.05) is 0 Å². The average Bonchev–Trinajstić information content (AvgIpc) is 3.71. The second-order valence-corrected chi connectivity index (χ2v) is 14.5. The first-order chi connectivity index (χ1) is 28.4. The number of imide groups is 2. The van der Waals surface area contributed by atoms with Crippen molar-refractivity contribution in [3.8, 4) is 0 Å². The Labute approximate surface area is 337 Å². The third kappa shape index (κ3) is 7.15. The summed E-state index contributed by atoms with van der Waals surface area (Å²) in [5, 5.41) is 13.2. The van der Waals surface area contributed by atoms with Crippen LogP contribution in [0.3, 0.4) is 0 Å². The summed E-state index contributed by atoms with van der Waals surface area (Å²) < 4.78 is 0. The van der Waals surface area contributed by atoms with Gasteiger partial charge < -0.3 is 10.6 Å². The van der Waals surface area contributed by atoms with Gasteiger partial charge in [-0.3, -0.25) is 20.2 Å². The predicted molar refractivity (Wildman–Crippen MR) is 221 cm³/mol. The van der Waals surface area contributed by atoms with E-state index in [9.17, 15) is 9.59 Å². The molecule has 10 nitrogen and oxygen atoms in total. The fourth-order valence-corrected chi connectivity index (χ4v) is 8.15. The van der Waals surface area contributed by atoms with E-state index in [-0.39, 0.29) is 12.8 Å². The van der Waals surface area contributed by atoms with Crippen molar-refractivity contribution >= 4 is 23.9 Å². The van der Waals surface area contributed by atoms with Crippen molar-refractivity contribution < 1.29 is 19.2 Å². The smallest absolute Gasteiger partial charge is 0.315 e. The zero-order valence-electron chi connectivity index (χ0n) is 31.8. The molecule has 4 N–H and O–H groups in total. The summed E-state index contributed by atoms with van der Waals surface area (Å²) in [6, 6.07) is 55.3. The Morgan fingerprint density at radius 3 is 0.931 bits per heavy atom. The lowest BCUT2D eigenvalue weighted by Crippen LogP contribution is -2.54. The van der Waals surface area contributed by atoms with Crippen molar-refractivity contribution in [1.29, 1.82) is 0 Å². The van der Waals surface area contributed by atoms with Crippen LogP contribution in [0, 0.1) is 0 Å². The van der Waals surface area contributed by atoms with E-state index in [0.29, 0.717) is 35.3 Å². The molecule has 290 valence electrons. The lowest BCUT2D eigenvalue weighted by Gasteiger charge is -2.33. The first kappa shape index (κ1) is 38.0. The molecular weight excluding hydrogens is 725 g/mol. The second-order valence-electron chi connectivity index (χ2n) is 14.5. The number of hydrogen-bond donors (Lipinski definition) is 4. The van der Waals surface area contributed by atoms with Crippen LogP contribution in [0.1, 0.15) is 46.2 Å². The van der Waals surface area contributed by atoms with Crippen LogP contribution in [-0.4, -0.2) is 46.0 Å². The number of amides is 6. The largest absolute Gasteiger partial charge is 0.326 e. The molecule has 0 saturated carbocycles. The summed E-state index contributed by atoms with van der Waals surface area (Å²) in [6.45, 7) is 0.700. The minimum absolute atomic E-state index is 0.193. The molecule has 0 aliphatic carbocycles. The monoisotopic (exact) mass is 768 g/mol. The second kappa shape index (κ2) is 16.7. The zero-order chi connectivity index (χ0) is 40.0. The quantitative estimate of drug-likeness (QED) is 0.0837. The lowest BCUT2D eigenvalue weighted by molar-refractivity contribution is -0.134. The van der Waals surface area contributed by atoms with Crippen LogP contribution in [0.15, 0.2) is 182 Å². The molecule has 0 radical (unpaired) electrons. The highest BCUT2D eigenvalue weighted by Crippen LogP contribution is 2.39. The van der Waals surface area contributed by atoms with Crippen LogP contribution < -0.4 is 21.3 Å². The van der Waals surface area contributed by atoms with Gasteiger partial charge in [-0.2, -0.15) is 0 Å². The molecule has 0 aromatic heterocycles. The molecule has 2 unspecified atom stereocenters. The zero-order valence-corrected chi connectivity index (χ0v) is 31.8. The Balaban J connectivity index is 1.16. The van der Waals surface area contributed by atoms with Crippen molar-refractivity contribution in [2.45, 2.75) is 49.3 Å². The molecular formula is C48H44N6O4. The maximum atomic E-state index is 15.1. The third-order valence-electron chi connectivity index (χ3n) is 11.0. The Morgan fingerprint density at radius 2 is 0.655 bits per heavy atom. The Hall–Kier alpha value is -6.88. The standard InChI is InChI=1S/C48H44N6O4/c55-43-47(37-23-11-3-12-24-37,38-25-13-4-14-26-38)51-45(57)53(43)41(49-33-35-19-7-1-8-20-35)31-32-42(50-34-36-21-9-2-10-22-36)54-44(56)48(52-46(54)58,39-27-15-5-16-28-39)40-29-17-6-18-30-40/h1-30,41-42,49-50H,31-34H2,(H,51,57)(H,52,58). The summed E-state index contributed by atoms with van der Waals surface area (Å²) in [5.41, 5.74) is 1.47. The molecule has 6 aromatic carbocycles. The number of benzene rings is 6. The molecule has 0 spiro atoms. The van der Waals surface area contributed by atoms with Crippen molar-refractivity contribution in [1.82, 2.24) is 31.1 Å². The van der Waals surface area contributed by atoms with E-state index in [1.807, 2.05) is 182 Å². The van der Waals surface area contributed by atoms with Crippen molar-refractivity contribution in [2.24, 2.45) is 0 Å². The van der Waals surface area contributed by atoms with Gasteiger partial charge in [-0.15, -0.1) is 0 Å². The van der Waals surface area contributed by atoms with Gasteiger partial charge in [-0.05, 0) is 46.2 Å². The number of nitrogens with one attached hydrogen (secondary N) is 4. The molecule has 10 heteroatoms. The highest BCUT2D eigenvalue weighted by Gasteiger charge is 2.57. The van der Waals surface area contributed by atoms with Gasteiger partial charge in [-0.25, -0.2) is 19.4 Å². The Morgan fingerprint density at radius 1 is 0.397 bits per heavy atom. The van der Waals surface area contributed by atoms with Gasteiger partial charge >= 0.3 is 12.1 Å². The van der Waals surface area contributed by atoms with Gasteiger partial charge in [0, 0.05) is 13.1 Å². The van der Waals surface area contributed by atoms with Gasteiger partial charge in [0.05, 0.1) is 12.3 Å². The molecule has 2 saturated heterocycles. The van der Waals surface area contributed by atoms with Crippen LogP contribution in [0.4, 0.5) is 9.59 Å². The number of nitrogens with zero attached hydrogens (tertiary/aromatic N) is 2. The molecule has 2 atom stereocenters. The van der Waals surface area contributed by atoms with E-state index in [2.05, 4.69) is 21.3 Å². The number of carbonyl (C=O) groups excluding carboxylic acids is 4. The SMILES string of the molecule is O=C1NC(c2ccccc2)(c2ccccc2)C(=O)N1C(CCC(NCc1ccccc1)N1C(=O)NC(c2ccccc2)(c2ccccc2)C1=O)NCc1ccccc1. The van der Waals surface area contributed by atoms with Gasteiger partial charge in [0.25, 0.3) is 11.8 Å². The fraction of sp³-hybridized carbons (Fsp3) is 0.167. The summed E-state index contributed by atoms with van der Waals surface area (Å²) >= 11 is 0. The van der Waals surface area contributed by atoms with E-state index in [1.54, 1.807) is 0 Å². The molecule has 8 rings (SSSR count). The lowest BCUT2D eigenvalue weighted by atomic mass is 9.82. The Kier molecular flexibility index (Phi) is 10.9. The average molecular weight is 769 g/mol. The molecule has 2 heterocycles. The Bertz CT molecular complexity index is 2100. The number of urea groups is 2. The predicted octanol–water partition coefficient (Wildman–Crippen LogP) is 6.99. The first-order valence-electron chi connectivity index (χ1n) is 19.5. The minimum Gasteiger partial charge on any atom is -0.315 e. The van der Waals surface area contributed by atoms with Crippen LogP contribution in [0.5, 0.6) is 0 Å². The number of rotatable bonds is 15. The first-order valence-corrected chi connectivity index (χ1v) is 19.5. The number of hydrogen-bond acceptors (Lipinski definition) is 6. The normalized spacial score (nSPS) is 16.8. The van der Waals surface area contributed by atoms with Gasteiger partial charge in [0.1, 0.15) is 0 Å². The van der Waals surface area contributed by atoms with Gasteiger partial charge in [0.2, 0.25) is 0 Å². The molecule has 2 aliphatic heterocycles. The molecule has 6 aromatic rings. The topological polar surface area (TPSA) is 123 Å². The highest BCUT2D eigenvalue weighted by atomic mass is 16.2. The summed E-state index contributed by atoms with van der Waals surface area (Å²) in [4.78, 5) is 61.3. The fourth-order valence-electron chi connectivity index (χ4n) is 8.15. The maximum Gasteiger partial charge on any atom is 0.326 e.